The van der Waals surface area contributed by atoms with E-state index in [1.807, 2.05) is 16.8 Å². The van der Waals surface area contributed by atoms with E-state index in [2.05, 4.69) is 26.1 Å². The molecule has 3 rings (SSSR count). The van der Waals surface area contributed by atoms with E-state index in [1.165, 1.54) is 0 Å². The van der Waals surface area contributed by atoms with Gasteiger partial charge in [-0.2, -0.15) is 16.3 Å². The van der Waals surface area contributed by atoms with Crippen molar-refractivity contribution in [1.29, 1.82) is 0 Å². The van der Waals surface area contributed by atoms with E-state index in [1.54, 1.807) is 36.6 Å². The number of halogens is 1. The number of carbonyl (C=O) groups is 1. The Morgan fingerprint density at radius 2 is 2.26 bits per heavy atom. The van der Waals surface area contributed by atoms with E-state index in [9.17, 15) is 4.79 Å². The molecule has 0 unspecified atom stereocenters. The van der Waals surface area contributed by atoms with Gasteiger partial charge in [0.05, 0.1) is 17.1 Å². The molecule has 0 bridgehead atoms. The molecule has 1 aromatic carbocycles. The van der Waals surface area contributed by atoms with Crippen molar-refractivity contribution in [3.63, 3.8) is 0 Å². The summed E-state index contributed by atoms with van der Waals surface area (Å²) in [4.78, 5) is 16.2. The third-order valence-corrected chi connectivity index (χ3v) is 4.26. The molecule has 0 aliphatic heterocycles. The molecule has 8 heteroatoms. The molecule has 6 nitrogen and oxygen atoms in total. The molecule has 0 N–H and O–H groups in total. The van der Waals surface area contributed by atoms with Crippen LogP contribution in [0.25, 0.3) is 11.4 Å². The van der Waals surface area contributed by atoms with E-state index in [0.29, 0.717) is 21.6 Å². The summed E-state index contributed by atoms with van der Waals surface area (Å²) in [5.74, 6) is 0.874. The topological polar surface area (TPSA) is 74.5 Å². The van der Waals surface area contributed by atoms with Crippen LogP contribution in [-0.4, -0.2) is 23.2 Å². The minimum Gasteiger partial charge on any atom is -0.496 e. The van der Waals surface area contributed by atoms with Gasteiger partial charge in [0.15, 0.2) is 6.61 Å². The smallest absolute Gasteiger partial charge is 0.338 e. The third kappa shape index (κ3) is 3.59. The molecule has 0 amide bonds. The highest BCUT2D eigenvalue weighted by atomic mass is 79.9. The Morgan fingerprint density at radius 1 is 1.39 bits per heavy atom. The molecule has 0 saturated heterocycles. The first-order valence-electron chi connectivity index (χ1n) is 6.53. The van der Waals surface area contributed by atoms with Gasteiger partial charge in [-0.05, 0) is 45.6 Å². The first kappa shape index (κ1) is 15.7. The van der Waals surface area contributed by atoms with Crippen molar-refractivity contribution in [3.8, 4) is 17.1 Å². The first-order chi connectivity index (χ1) is 11.2. The van der Waals surface area contributed by atoms with Crippen LogP contribution in [0.4, 0.5) is 0 Å². The van der Waals surface area contributed by atoms with Gasteiger partial charge in [-0.15, -0.1) is 0 Å². The maximum absolute atomic E-state index is 12.0. The van der Waals surface area contributed by atoms with Crippen LogP contribution in [0.1, 0.15) is 16.2 Å². The van der Waals surface area contributed by atoms with Crippen LogP contribution < -0.4 is 4.74 Å². The molecule has 0 spiro atoms. The van der Waals surface area contributed by atoms with Crippen LogP contribution in [0.15, 0.2) is 44.0 Å². The summed E-state index contributed by atoms with van der Waals surface area (Å²) in [7, 11) is 1.55. The average molecular weight is 395 g/mol. The Labute approximate surface area is 144 Å². The van der Waals surface area contributed by atoms with Crippen molar-refractivity contribution in [3.05, 3.63) is 51.0 Å². The highest BCUT2D eigenvalue weighted by Gasteiger charge is 2.14. The molecule has 23 heavy (non-hydrogen) atoms. The average Bonchev–Trinajstić information content (AvgIpc) is 3.23. The summed E-state index contributed by atoms with van der Waals surface area (Å²) in [5, 5.41) is 7.69. The van der Waals surface area contributed by atoms with E-state index in [0.717, 1.165) is 5.56 Å². The van der Waals surface area contributed by atoms with Gasteiger partial charge in [-0.1, -0.05) is 5.16 Å². The van der Waals surface area contributed by atoms with E-state index in [-0.39, 0.29) is 12.5 Å². The SMILES string of the molecule is COc1ccc(C(=O)OCc2nc(-c3ccsc3)no2)cc1Br. The van der Waals surface area contributed by atoms with Crippen LogP contribution in [0, 0.1) is 0 Å². The fourth-order valence-electron chi connectivity index (χ4n) is 1.83. The number of hydrogen-bond donors (Lipinski definition) is 0. The second kappa shape index (κ2) is 6.93. The number of rotatable bonds is 5. The number of ether oxygens (including phenoxy) is 2. The number of aromatic nitrogens is 2. The molecule has 3 aromatic rings. The van der Waals surface area contributed by atoms with Crippen molar-refractivity contribution in [2.45, 2.75) is 6.61 Å². The minimum absolute atomic E-state index is 0.0837. The number of benzene rings is 1. The lowest BCUT2D eigenvalue weighted by molar-refractivity contribution is 0.0429. The number of hydrogen-bond acceptors (Lipinski definition) is 7. The van der Waals surface area contributed by atoms with Gasteiger partial charge in [-0.25, -0.2) is 4.79 Å². The van der Waals surface area contributed by atoms with Gasteiger partial charge in [0.25, 0.3) is 5.89 Å². The van der Waals surface area contributed by atoms with Gasteiger partial charge in [0, 0.05) is 10.9 Å². The molecule has 0 aliphatic rings. The number of esters is 1. The van der Waals surface area contributed by atoms with E-state index in [4.69, 9.17) is 14.0 Å². The summed E-state index contributed by atoms with van der Waals surface area (Å²) in [6.07, 6.45) is 0. The van der Waals surface area contributed by atoms with Gasteiger partial charge in [0.1, 0.15) is 5.75 Å². The number of nitrogens with zero attached hydrogens (tertiary/aromatic N) is 2. The summed E-state index contributed by atoms with van der Waals surface area (Å²) < 4.78 is 16.0. The summed E-state index contributed by atoms with van der Waals surface area (Å²) in [5.41, 5.74) is 1.27. The number of carbonyl (C=O) groups excluding carboxylic acids is 1. The Bertz CT molecular complexity index is 817. The van der Waals surface area contributed by atoms with Crippen molar-refractivity contribution in [1.82, 2.24) is 10.1 Å². The molecule has 0 aliphatic carbocycles. The second-order valence-electron chi connectivity index (χ2n) is 4.45. The Balaban J connectivity index is 1.64. The Morgan fingerprint density at radius 3 is 2.96 bits per heavy atom. The summed E-state index contributed by atoms with van der Waals surface area (Å²) >= 11 is 4.87. The maximum Gasteiger partial charge on any atom is 0.338 e. The molecule has 2 heterocycles. The van der Waals surface area contributed by atoms with Crippen LogP contribution in [0.2, 0.25) is 0 Å². The Hall–Kier alpha value is -2.19. The highest BCUT2D eigenvalue weighted by molar-refractivity contribution is 9.10. The zero-order valence-corrected chi connectivity index (χ0v) is 14.4. The second-order valence-corrected chi connectivity index (χ2v) is 6.08. The molecule has 0 fully saturated rings. The zero-order chi connectivity index (χ0) is 16.2. The monoisotopic (exact) mass is 394 g/mol. The van der Waals surface area contributed by atoms with Crippen molar-refractivity contribution < 1.29 is 18.8 Å². The largest absolute Gasteiger partial charge is 0.496 e. The molecule has 2 aromatic heterocycles. The van der Waals surface area contributed by atoms with Gasteiger partial charge in [-0.3, -0.25) is 0 Å². The highest BCUT2D eigenvalue weighted by Crippen LogP contribution is 2.26. The molecular formula is C15H11BrN2O4S. The molecule has 0 atom stereocenters. The van der Waals surface area contributed by atoms with Crippen LogP contribution in [-0.2, 0) is 11.3 Å². The predicted molar refractivity (Wildman–Crippen MR) is 87.4 cm³/mol. The molecule has 0 saturated carbocycles. The normalized spacial score (nSPS) is 10.5. The standard InChI is InChI=1S/C15H11BrN2O4S/c1-20-12-3-2-9(6-11(12)16)15(19)21-7-13-17-14(18-22-13)10-4-5-23-8-10/h2-6,8H,7H2,1H3. The Kier molecular flexibility index (Phi) is 4.73. The maximum atomic E-state index is 12.0. The zero-order valence-electron chi connectivity index (χ0n) is 12.0. The van der Waals surface area contributed by atoms with Gasteiger partial charge < -0.3 is 14.0 Å². The van der Waals surface area contributed by atoms with Crippen molar-refractivity contribution >= 4 is 33.2 Å². The fraction of sp³-hybridized carbons (Fsp3) is 0.133. The number of thiophene rings is 1. The van der Waals surface area contributed by atoms with E-state index < -0.39 is 5.97 Å². The predicted octanol–water partition coefficient (Wildman–Crippen LogP) is 3.93. The molecule has 118 valence electrons. The van der Waals surface area contributed by atoms with Gasteiger partial charge in [0.2, 0.25) is 5.82 Å². The lowest BCUT2D eigenvalue weighted by Gasteiger charge is -2.05. The van der Waals surface area contributed by atoms with Gasteiger partial charge >= 0.3 is 5.97 Å². The van der Waals surface area contributed by atoms with Crippen LogP contribution >= 0.6 is 27.3 Å². The van der Waals surface area contributed by atoms with E-state index >= 15 is 0 Å². The summed E-state index contributed by atoms with van der Waals surface area (Å²) in [6, 6.07) is 6.82. The lowest BCUT2D eigenvalue weighted by atomic mass is 10.2. The quantitative estimate of drug-likeness (QED) is 0.610. The van der Waals surface area contributed by atoms with Crippen LogP contribution in [0.5, 0.6) is 5.75 Å². The first-order valence-corrected chi connectivity index (χ1v) is 8.27. The summed E-state index contributed by atoms with van der Waals surface area (Å²) in [6.45, 7) is -0.0837. The van der Waals surface area contributed by atoms with Crippen molar-refractivity contribution in [2.24, 2.45) is 0 Å². The van der Waals surface area contributed by atoms with Crippen molar-refractivity contribution in [2.75, 3.05) is 7.11 Å². The molecular weight excluding hydrogens is 384 g/mol. The van der Waals surface area contributed by atoms with Crippen LogP contribution in [0.3, 0.4) is 0 Å². The third-order valence-electron chi connectivity index (χ3n) is 2.96. The minimum atomic E-state index is -0.483. The fourth-order valence-corrected chi connectivity index (χ4v) is 3.00. The number of methoxy groups -OCH3 is 1. The molecule has 0 radical (unpaired) electrons. The lowest BCUT2D eigenvalue weighted by Crippen LogP contribution is -2.05.